The molecule has 1 saturated carbocycles. The van der Waals surface area contributed by atoms with Crippen LogP contribution < -0.4 is 10.6 Å². The molecule has 1 aliphatic carbocycles. The van der Waals surface area contributed by atoms with E-state index in [4.69, 9.17) is 4.74 Å². The highest BCUT2D eigenvalue weighted by Crippen LogP contribution is 2.44. The fraction of sp³-hybridized carbons (Fsp3) is 0.545. The third-order valence-electron chi connectivity index (χ3n) is 6.37. The number of aryl methyl sites for hydroxylation is 1. The van der Waals surface area contributed by atoms with E-state index in [1.165, 1.54) is 10.4 Å². The molecule has 1 atom stereocenters. The zero-order chi connectivity index (χ0) is 19.1. The van der Waals surface area contributed by atoms with Crippen LogP contribution in [0.25, 0.3) is 0 Å². The van der Waals surface area contributed by atoms with Crippen LogP contribution in [0.4, 0.5) is 0 Å². The number of thiophene rings is 1. The predicted octanol–water partition coefficient (Wildman–Crippen LogP) is 4.33. The maximum absolute atomic E-state index is 13.2. The Labute approximate surface area is 194 Å². The van der Waals surface area contributed by atoms with Gasteiger partial charge >= 0.3 is 0 Å². The van der Waals surface area contributed by atoms with Crippen molar-refractivity contribution in [2.75, 3.05) is 19.7 Å². The molecule has 4 heterocycles. The number of carbonyl (C=O) groups is 1. The number of carbonyl (C=O) groups excluding carboxylic acids is 1. The molecule has 2 N–H and O–H groups in total. The summed E-state index contributed by atoms with van der Waals surface area (Å²) in [6.45, 7) is 4.78. The van der Waals surface area contributed by atoms with E-state index in [2.05, 4.69) is 34.7 Å². The molecule has 8 heteroatoms. The SMILES string of the molecule is Cc1cccnc1C(NC(=O)c1cc2c(s1)CCOC21CCNCC1)C1CC1.Cl.Cl. The molecule has 0 radical (unpaired) electrons. The van der Waals surface area contributed by atoms with E-state index in [9.17, 15) is 4.79 Å². The summed E-state index contributed by atoms with van der Waals surface area (Å²) in [6, 6.07) is 6.15. The topological polar surface area (TPSA) is 63.2 Å². The van der Waals surface area contributed by atoms with Crippen LogP contribution in [-0.2, 0) is 16.8 Å². The molecular formula is C22H29Cl2N3O2S. The van der Waals surface area contributed by atoms with Crippen LogP contribution in [0.2, 0.25) is 0 Å². The number of hydrogen-bond donors (Lipinski definition) is 2. The van der Waals surface area contributed by atoms with Gasteiger partial charge in [-0.25, -0.2) is 0 Å². The van der Waals surface area contributed by atoms with Gasteiger partial charge in [-0.3, -0.25) is 9.78 Å². The molecule has 1 amide bonds. The zero-order valence-electron chi connectivity index (χ0n) is 17.1. The van der Waals surface area contributed by atoms with E-state index >= 15 is 0 Å². The Bertz CT molecular complexity index is 894. The zero-order valence-corrected chi connectivity index (χ0v) is 19.6. The lowest BCUT2D eigenvalue weighted by atomic mass is 9.83. The summed E-state index contributed by atoms with van der Waals surface area (Å²) in [4.78, 5) is 19.9. The quantitative estimate of drug-likeness (QED) is 0.699. The minimum Gasteiger partial charge on any atom is -0.370 e. The van der Waals surface area contributed by atoms with Gasteiger partial charge in [0.15, 0.2) is 0 Å². The Morgan fingerprint density at radius 1 is 1.33 bits per heavy atom. The van der Waals surface area contributed by atoms with Crippen LogP contribution in [0.1, 0.15) is 63.1 Å². The molecule has 164 valence electrons. The van der Waals surface area contributed by atoms with Gasteiger partial charge in [-0.05, 0) is 74.9 Å². The lowest BCUT2D eigenvalue weighted by Gasteiger charge is -2.40. The van der Waals surface area contributed by atoms with Crippen molar-refractivity contribution in [2.24, 2.45) is 5.92 Å². The summed E-state index contributed by atoms with van der Waals surface area (Å²) in [5.41, 5.74) is 3.22. The number of aromatic nitrogens is 1. The van der Waals surface area contributed by atoms with Gasteiger partial charge in [-0.1, -0.05) is 6.07 Å². The fourth-order valence-electron chi connectivity index (χ4n) is 4.65. The predicted molar refractivity (Wildman–Crippen MR) is 124 cm³/mol. The van der Waals surface area contributed by atoms with Crippen LogP contribution in [0, 0.1) is 12.8 Å². The van der Waals surface area contributed by atoms with Crippen molar-refractivity contribution in [3.8, 4) is 0 Å². The molecular weight excluding hydrogens is 441 g/mol. The second-order valence-corrected chi connectivity index (χ2v) is 9.42. The molecule has 2 aliphatic heterocycles. The van der Waals surface area contributed by atoms with Crippen molar-refractivity contribution in [3.05, 3.63) is 51.0 Å². The van der Waals surface area contributed by atoms with Crippen molar-refractivity contribution < 1.29 is 9.53 Å². The maximum atomic E-state index is 13.2. The second-order valence-electron chi connectivity index (χ2n) is 8.28. The van der Waals surface area contributed by atoms with Crippen LogP contribution >= 0.6 is 36.2 Å². The minimum atomic E-state index is -0.193. The molecule has 2 aromatic heterocycles. The summed E-state index contributed by atoms with van der Waals surface area (Å²) in [6.07, 6.45) is 7.02. The van der Waals surface area contributed by atoms with E-state index < -0.39 is 0 Å². The Balaban J connectivity index is 0.00000128. The number of pyridine rings is 1. The fourth-order valence-corrected chi connectivity index (χ4v) is 5.78. The first kappa shape index (κ1) is 23.5. The van der Waals surface area contributed by atoms with Gasteiger partial charge < -0.3 is 15.4 Å². The van der Waals surface area contributed by atoms with Crippen molar-refractivity contribution in [2.45, 2.75) is 50.7 Å². The lowest BCUT2D eigenvalue weighted by Crippen LogP contribution is -2.44. The highest BCUT2D eigenvalue weighted by atomic mass is 35.5. The largest absolute Gasteiger partial charge is 0.370 e. The van der Waals surface area contributed by atoms with Crippen molar-refractivity contribution in [1.82, 2.24) is 15.6 Å². The highest BCUT2D eigenvalue weighted by Gasteiger charge is 2.41. The molecule has 5 rings (SSSR count). The molecule has 2 aromatic rings. The van der Waals surface area contributed by atoms with Gasteiger partial charge in [0, 0.05) is 17.5 Å². The van der Waals surface area contributed by atoms with Crippen LogP contribution in [0.3, 0.4) is 0 Å². The summed E-state index contributed by atoms with van der Waals surface area (Å²) < 4.78 is 6.27. The summed E-state index contributed by atoms with van der Waals surface area (Å²) in [5.74, 6) is 0.539. The van der Waals surface area contributed by atoms with E-state index in [1.807, 2.05) is 12.3 Å². The first-order chi connectivity index (χ1) is 13.7. The second kappa shape index (κ2) is 9.53. The number of nitrogens with one attached hydrogen (secondary N) is 2. The number of halogens is 2. The van der Waals surface area contributed by atoms with E-state index in [0.717, 1.165) is 67.9 Å². The van der Waals surface area contributed by atoms with E-state index in [-0.39, 0.29) is 42.4 Å². The highest BCUT2D eigenvalue weighted by molar-refractivity contribution is 7.14. The number of rotatable bonds is 4. The molecule has 1 saturated heterocycles. The molecule has 0 aromatic carbocycles. The minimum absolute atomic E-state index is 0. The van der Waals surface area contributed by atoms with Crippen LogP contribution in [-0.4, -0.2) is 30.6 Å². The van der Waals surface area contributed by atoms with Crippen molar-refractivity contribution in [1.29, 1.82) is 0 Å². The smallest absolute Gasteiger partial charge is 0.261 e. The normalized spacial score (nSPS) is 20.4. The van der Waals surface area contributed by atoms with Gasteiger partial charge in [0.1, 0.15) is 0 Å². The maximum Gasteiger partial charge on any atom is 0.261 e. The van der Waals surface area contributed by atoms with Gasteiger partial charge in [0.05, 0.1) is 28.8 Å². The molecule has 2 fully saturated rings. The average Bonchev–Trinajstić information content (AvgIpc) is 3.45. The van der Waals surface area contributed by atoms with Gasteiger partial charge in [0.25, 0.3) is 5.91 Å². The first-order valence-electron chi connectivity index (χ1n) is 10.4. The Morgan fingerprint density at radius 3 is 2.80 bits per heavy atom. The lowest BCUT2D eigenvalue weighted by molar-refractivity contribution is -0.0792. The number of fused-ring (bicyclic) bond motifs is 2. The standard InChI is InChI=1S/C22H27N3O2S.2ClH/c1-14-3-2-9-24-19(14)20(15-4-5-15)25-21(26)18-13-16-17(28-18)6-12-27-22(16)7-10-23-11-8-22;;/h2-3,9,13,15,20,23H,4-8,10-12H2,1H3,(H,25,26);2*1H. The van der Waals surface area contributed by atoms with Crippen molar-refractivity contribution >= 4 is 42.1 Å². The number of ether oxygens (including phenoxy) is 1. The molecule has 30 heavy (non-hydrogen) atoms. The molecule has 0 bridgehead atoms. The molecule has 3 aliphatic rings. The monoisotopic (exact) mass is 469 g/mol. The Kier molecular flexibility index (Phi) is 7.46. The van der Waals surface area contributed by atoms with Crippen molar-refractivity contribution in [3.63, 3.8) is 0 Å². The van der Waals surface area contributed by atoms with Gasteiger partial charge in [-0.15, -0.1) is 36.2 Å². The number of piperidine rings is 1. The van der Waals surface area contributed by atoms with Gasteiger partial charge in [0.2, 0.25) is 0 Å². The van der Waals surface area contributed by atoms with E-state index in [0.29, 0.717) is 5.92 Å². The average molecular weight is 470 g/mol. The number of nitrogens with zero attached hydrogens (tertiary/aromatic N) is 1. The van der Waals surface area contributed by atoms with E-state index in [1.54, 1.807) is 11.3 Å². The molecule has 1 spiro atoms. The Morgan fingerprint density at radius 2 is 2.10 bits per heavy atom. The summed E-state index contributed by atoms with van der Waals surface area (Å²) >= 11 is 1.65. The van der Waals surface area contributed by atoms with Gasteiger partial charge in [-0.2, -0.15) is 0 Å². The Hall–Kier alpha value is -1.18. The summed E-state index contributed by atoms with van der Waals surface area (Å²) in [5, 5.41) is 6.73. The summed E-state index contributed by atoms with van der Waals surface area (Å²) in [7, 11) is 0. The van der Waals surface area contributed by atoms with Crippen LogP contribution in [0.5, 0.6) is 0 Å². The third kappa shape index (κ3) is 4.39. The van der Waals surface area contributed by atoms with Crippen LogP contribution in [0.15, 0.2) is 24.4 Å². The third-order valence-corrected chi connectivity index (χ3v) is 7.56. The number of amides is 1. The molecule has 1 unspecified atom stereocenters. The number of hydrogen-bond acceptors (Lipinski definition) is 5. The molecule has 5 nitrogen and oxygen atoms in total. The first-order valence-corrected chi connectivity index (χ1v) is 11.2.